The van der Waals surface area contributed by atoms with Gasteiger partial charge in [-0.15, -0.1) is 0 Å². The Labute approximate surface area is 246 Å². The molecule has 3 rings (SSSR count). The highest BCUT2D eigenvalue weighted by Gasteiger charge is 2.15. The summed E-state index contributed by atoms with van der Waals surface area (Å²) in [4.78, 5) is 22.8. The highest BCUT2D eigenvalue weighted by Crippen LogP contribution is 2.17. The van der Waals surface area contributed by atoms with Crippen LogP contribution < -0.4 is 18.9 Å². The largest absolute Gasteiger partial charge is 0.491 e. The first-order valence-electron chi connectivity index (χ1n) is 13.7. The van der Waals surface area contributed by atoms with Gasteiger partial charge < -0.3 is 37.9 Å². The molecule has 10 heteroatoms. The summed E-state index contributed by atoms with van der Waals surface area (Å²) in [5.41, 5.74) is 0. The Morgan fingerprint density at radius 2 is 0.833 bits per heavy atom. The molecule has 0 amide bonds. The number of esters is 2. The van der Waals surface area contributed by atoms with Gasteiger partial charge in [0.25, 0.3) is 0 Å². The van der Waals surface area contributed by atoms with Crippen LogP contribution in [0.25, 0.3) is 0 Å². The van der Waals surface area contributed by atoms with Gasteiger partial charge in [-0.3, -0.25) is 9.59 Å². The normalized spacial score (nSPS) is 12.0. The van der Waals surface area contributed by atoms with Crippen LogP contribution in [0.1, 0.15) is 13.8 Å². The Bertz CT molecular complexity index is 1060. The smallest absolute Gasteiger partial charge is 0.303 e. The summed E-state index contributed by atoms with van der Waals surface area (Å²) in [7, 11) is 0. The lowest BCUT2D eigenvalue weighted by Gasteiger charge is -2.18. The molecule has 0 N–H and O–H groups in total. The average molecular weight is 583 g/mol. The Balaban J connectivity index is 1.27. The van der Waals surface area contributed by atoms with Crippen LogP contribution in [-0.4, -0.2) is 77.0 Å². The van der Waals surface area contributed by atoms with E-state index in [0.717, 1.165) is 0 Å². The molecule has 2 unspecified atom stereocenters. The number of hydrogen-bond acceptors (Lipinski definition) is 10. The van der Waals surface area contributed by atoms with Gasteiger partial charge in [0.2, 0.25) is 0 Å². The summed E-state index contributed by atoms with van der Waals surface area (Å²) in [6.07, 6.45) is -1.06. The molecular formula is C32H38O10. The van der Waals surface area contributed by atoms with Crippen LogP contribution in [0.4, 0.5) is 0 Å². The third-order valence-electron chi connectivity index (χ3n) is 5.45. The minimum absolute atomic E-state index is 0.187. The Kier molecular flexibility index (Phi) is 14.5. The van der Waals surface area contributed by atoms with Crippen molar-refractivity contribution in [2.45, 2.75) is 26.1 Å². The van der Waals surface area contributed by atoms with Gasteiger partial charge >= 0.3 is 11.9 Å². The van der Waals surface area contributed by atoms with E-state index in [-0.39, 0.29) is 26.4 Å². The van der Waals surface area contributed by atoms with E-state index in [0.29, 0.717) is 49.4 Å². The third kappa shape index (κ3) is 13.9. The molecule has 0 aliphatic rings. The second-order valence-corrected chi connectivity index (χ2v) is 9.03. The number of para-hydroxylation sites is 2. The maximum Gasteiger partial charge on any atom is 0.303 e. The SMILES string of the molecule is CC(=O)OC(COCCOc1ccc(OCCOCC(COc2ccccc2)OC(C)=O)cc1)COc1ccccc1. The van der Waals surface area contributed by atoms with Crippen molar-refractivity contribution in [1.29, 1.82) is 0 Å². The molecule has 2 atom stereocenters. The summed E-state index contributed by atoms with van der Waals surface area (Å²) in [5.74, 6) is 1.91. The van der Waals surface area contributed by atoms with Crippen LogP contribution in [0, 0.1) is 0 Å². The van der Waals surface area contributed by atoms with Crippen molar-refractivity contribution in [1.82, 2.24) is 0 Å². The standard InChI is InChI=1S/C32H38O10/c1-25(33)41-31(23-39-27-9-5-3-6-10-27)21-35-17-19-37-29-13-15-30(16-14-29)38-20-18-36-22-32(42-26(2)34)24-40-28-11-7-4-8-12-28/h3-16,31-32H,17-24H2,1-2H3. The number of ether oxygens (including phenoxy) is 8. The van der Waals surface area contributed by atoms with Gasteiger partial charge in [0.15, 0.2) is 12.2 Å². The fourth-order valence-corrected chi connectivity index (χ4v) is 3.61. The van der Waals surface area contributed by atoms with E-state index in [1.807, 2.05) is 60.7 Å². The Morgan fingerprint density at radius 1 is 0.476 bits per heavy atom. The lowest BCUT2D eigenvalue weighted by Crippen LogP contribution is -2.29. The highest BCUT2D eigenvalue weighted by atomic mass is 16.6. The molecule has 3 aromatic rings. The molecule has 0 aliphatic heterocycles. The number of carbonyl (C=O) groups excluding carboxylic acids is 2. The van der Waals surface area contributed by atoms with Crippen LogP contribution in [-0.2, 0) is 28.5 Å². The lowest BCUT2D eigenvalue weighted by molar-refractivity contribution is -0.152. The number of rotatable bonds is 20. The van der Waals surface area contributed by atoms with Crippen molar-refractivity contribution in [3.63, 3.8) is 0 Å². The minimum atomic E-state index is -0.529. The minimum Gasteiger partial charge on any atom is -0.491 e. The van der Waals surface area contributed by atoms with Crippen molar-refractivity contribution >= 4 is 11.9 Å². The molecule has 0 aromatic heterocycles. The number of benzene rings is 3. The molecule has 226 valence electrons. The number of hydrogen-bond donors (Lipinski definition) is 0. The molecule has 0 fully saturated rings. The van der Waals surface area contributed by atoms with E-state index < -0.39 is 24.1 Å². The van der Waals surface area contributed by atoms with E-state index in [1.165, 1.54) is 13.8 Å². The van der Waals surface area contributed by atoms with Gasteiger partial charge in [0, 0.05) is 13.8 Å². The van der Waals surface area contributed by atoms with E-state index in [2.05, 4.69) is 0 Å². The molecule has 10 nitrogen and oxygen atoms in total. The summed E-state index contributed by atoms with van der Waals surface area (Å²) in [6, 6.07) is 25.8. The van der Waals surface area contributed by atoms with Gasteiger partial charge in [-0.25, -0.2) is 0 Å². The van der Waals surface area contributed by atoms with Gasteiger partial charge in [-0.05, 0) is 48.5 Å². The lowest BCUT2D eigenvalue weighted by atomic mass is 10.3. The topological polar surface area (TPSA) is 108 Å². The van der Waals surface area contributed by atoms with Crippen LogP contribution >= 0.6 is 0 Å². The van der Waals surface area contributed by atoms with Crippen molar-refractivity contribution in [2.24, 2.45) is 0 Å². The highest BCUT2D eigenvalue weighted by molar-refractivity contribution is 5.66. The summed E-state index contributed by atoms with van der Waals surface area (Å²) < 4.78 is 44.6. The zero-order chi connectivity index (χ0) is 29.8. The molecule has 0 heterocycles. The first-order chi connectivity index (χ1) is 20.5. The van der Waals surface area contributed by atoms with Crippen LogP contribution in [0.5, 0.6) is 23.0 Å². The second-order valence-electron chi connectivity index (χ2n) is 9.03. The molecule has 42 heavy (non-hydrogen) atoms. The monoisotopic (exact) mass is 582 g/mol. The van der Waals surface area contributed by atoms with Crippen LogP contribution in [0.15, 0.2) is 84.9 Å². The summed E-state index contributed by atoms with van der Waals surface area (Å²) in [6.45, 7) is 4.70. The molecular weight excluding hydrogens is 544 g/mol. The van der Waals surface area contributed by atoms with Crippen molar-refractivity contribution in [2.75, 3.05) is 52.9 Å². The molecule has 0 bridgehead atoms. The fraction of sp³-hybridized carbons (Fsp3) is 0.375. The quantitative estimate of drug-likeness (QED) is 0.140. The predicted octanol–water partition coefficient (Wildman–Crippen LogP) is 4.50. The predicted molar refractivity (Wildman–Crippen MR) is 154 cm³/mol. The molecule has 3 aromatic carbocycles. The third-order valence-corrected chi connectivity index (χ3v) is 5.45. The Hall–Kier alpha value is -4.28. The van der Waals surface area contributed by atoms with E-state index in [9.17, 15) is 9.59 Å². The maximum absolute atomic E-state index is 11.4. The summed E-state index contributed by atoms with van der Waals surface area (Å²) >= 11 is 0. The van der Waals surface area contributed by atoms with Crippen molar-refractivity contribution in [3.05, 3.63) is 84.9 Å². The van der Waals surface area contributed by atoms with Gasteiger partial charge in [-0.2, -0.15) is 0 Å². The van der Waals surface area contributed by atoms with Gasteiger partial charge in [0.1, 0.15) is 49.4 Å². The van der Waals surface area contributed by atoms with E-state index in [4.69, 9.17) is 37.9 Å². The molecule has 0 saturated carbocycles. The second kappa shape index (κ2) is 19.0. The van der Waals surface area contributed by atoms with Crippen LogP contribution in [0.3, 0.4) is 0 Å². The fourth-order valence-electron chi connectivity index (χ4n) is 3.61. The van der Waals surface area contributed by atoms with E-state index >= 15 is 0 Å². The zero-order valence-corrected chi connectivity index (χ0v) is 24.0. The Morgan fingerprint density at radius 3 is 1.19 bits per heavy atom. The maximum atomic E-state index is 11.4. The summed E-state index contributed by atoms with van der Waals surface area (Å²) in [5, 5.41) is 0. The van der Waals surface area contributed by atoms with Crippen LogP contribution in [0.2, 0.25) is 0 Å². The average Bonchev–Trinajstić information content (AvgIpc) is 2.99. The number of carbonyl (C=O) groups is 2. The molecule has 0 radical (unpaired) electrons. The van der Waals surface area contributed by atoms with Crippen molar-refractivity contribution < 1.29 is 47.5 Å². The zero-order valence-electron chi connectivity index (χ0n) is 24.0. The van der Waals surface area contributed by atoms with Crippen molar-refractivity contribution in [3.8, 4) is 23.0 Å². The van der Waals surface area contributed by atoms with E-state index in [1.54, 1.807) is 24.3 Å². The molecule has 0 saturated heterocycles. The molecule has 0 aliphatic carbocycles. The van der Waals surface area contributed by atoms with Gasteiger partial charge in [-0.1, -0.05) is 36.4 Å². The first kappa shape index (κ1) is 32.2. The van der Waals surface area contributed by atoms with Gasteiger partial charge in [0.05, 0.1) is 26.4 Å². The first-order valence-corrected chi connectivity index (χ1v) is 13.7. The molecule has 0 spiro atoms.